The van der Waals surface area contributed by atoms with Crippen molar-refractivity contribution < 1.29 is 8.42 Å². The van der Waals surface area contributed by atoms with Crippen LogP contribution in [-0.4, -0.2) is 40.8 Å². The molecule has 1 fully saturated rings. The van der Waals surface area contributed by atoms with Crippen LogP contribution in [-0.2, 0) is 10.0 Å². The molecule has 1 aromatic carbocycles. The van der Waals surface area contributed by atoms with Crippen molar-refractivity contribution in [3.05, 3.63) is 67.3 Å². The third-order valence-corrected chi connectivity index (χ3v) is 7.81. The van der Waals surface area contributed by atoms with E-state index in [0.29, 0.717) is 18.7 Å². The van der Waals surface area contributed by atoms with E-state index in [1.165, 1.54) is 4.31 Å². The maximum absolute atomic E-state index is 13.2. The van der Waals surface area contributed by atoms with Crippen molar-refractivity contribution in [2.45, 2.75) is 24.2 Å². The van der Waals surface area contributed by atoms with Gasteiger partial charge in [-0.1, -0.05) is 12.5 Å². The highest BCUT2D eigenvalue weighted by atomic mass is 32.2. The predicted octanol–water partition coefficient (Wildman–Crippen LogP) is 4.12. The van der Waals surface area contributed by atoms with Gasteiger partial charge in [0.05, 0.1) is 5.52 Å². The van der Waals surface area contributed by atoms with Gasteiger partial charge in [-0.3, -0.25) is 9.97 Å². The van der Waals surface area contributed by atoms with Gasteiger partial charge in [0, 0.05) is 48.8 Å². The number of fused-ring (bicyclic) bond motifs is 1. The number of anilines is 1. The number of aromatic nitrogens is 3. The standard InChI is InChI=1S/C24H23N5O2S/c25-24-23(32(30,31)29-12-2-1-3-13-29)15-19(16-28-24)18-4-5-22-21(14-18)20(8-11-27-22)17-6-9-26-10-7-17/h4-11,14-16H,1-3,12-13H2,(H2,25,28). The van der Waals surface area contributed by atoms with Crippen LogP contribution in [0.2, 0.25) is 0 Å². The van der Waals surface area contributed by atoms with Gasteiger partial charge in [-0.25, -0.2) is 13.4 Å². The van der Waals surface area contributed by atoms with E-state index in [1.807, 2.05) is 36.4 Å². The van der Waals surface area contributed by atoms with Crippen LogP contribution in [0.15, 0.2) is 72.1 Å². The summed E-state index contributed by atoms with van der Waals surface area (Å²) < 4.78 is 28.0. The number of benzene rings is 1. The average molecular weight is 446 g/mol. The quantitative estimate of drug-likeness (QED) is 0.507. The van der Waals surface area contributed by atoms with Crippen molar-refractivity contribution >= 4 is 26.7 Å². The van der Waals surface area contributed by atoms with E-state index < -0.39 is 10.0 Å². The minimum atomic E-state index is -3.69. The Balaban J connectivity index is 1.61. The molecular formula is C24H23N5O2S. The van der Waals surface area contributed by atoms with E-state index in [2.05, 4.69) is 15.0 Å². The molecule has 0 radical (unpaired) electrons. The van der Waals surface area contributed by atoms with Gasteiger partial charge in [0.15, 0.2) is 0 Å². The Morgan fingerprint density at radius 2 is 1.59 bits per heavy atom. The maximum atomic E-state index is 13.2. The van der Waals surface area contributed by atoms with Gasteiger partial charge in [-0.15, -0.1) is 0 Å². The molecule has 7 nitrogen and oxygen atoms in total. The summed E-state index contributed by atoms with van der Waals surface area (Å²) >= 11 is 0. The molecule has 162 valence electrons. The maximum Gasteiger partial charge on any atom is 0.246 e. The Morgan fingerprint density at radius 3 is 2.38 bits per heavy atom. The van der Waals surface area contributed by atoms with Crippen LogP contribution in [0.25, 0.3) is 33.2 Å². The zero-order chi connectivity index (χ0) is 22.1. The van der Waals surface area contributed by atoms with Crippen molar-refractivity contribution in [2.75, 3.05) is 18.8 Å². The highest BCUT2D eigenvalue weighted by Crippen LogP contribution is 2.33. The molecule has 4 aromatic rings. The van der Waals surface area contributed by atoms with Crippen LogP contribution in [0.5, 0.6) is 0 Å². The Hall–Kier alpha value is -3.36. The molecule has 0 saturated carbocycles. The fourth-order valence-electron chi connectivity index (χ4n) is 4.17. The molecular weight excluding hydrogens is 422 g/mol. The Labute approximate surface area is 187 Å². The molecule has 32 heavy (non-hydrogen) atoms. The lowest BCUT2D eigenvalue weighted by atomic mass is 9.98. The summed E-state index contributed by atoms with van der Waals surface area (Å²) in [4.78, 5) is 12.9. The first-order valence-electron chi connectivity index (χ1n) is 10.6. The van der Waals surface area contributed by atoms with Crippen LogP contribution in [0.3, 0.4) is 0 Å². The lowest BCUT2D eigenvalue weighted by Gasteiger charge is -2.26. The van der Waals surface area contributed by atoms with Crippen LogP contribution in [0, 0.1) is 0 Å². The zero-order valence-electron chi connectivity index (χ0n) is 17.5. The molecule has 0 aliphatic carbocycles. The number of hydrogen-bond donors (Lipinski definition) is 1. The second kappa shape index (κ2) is 8.29. The van der Waals surface area contributed by atoms with Gasteiger partial charge in [0.2, 0.25) is 10.0 Å². The summed E-state index contributed by atoms with van der Waals surface area (Å²) in [7, 11) is -3.69. The smallest absolute Gasteiger partial charge is 0.246 e. The first-order chi connectivity index (χ1) is 15.5. The van der Waals surface area contributed by atoms with Gasteiger partial charge in [0.25, 0.3) is 0 Å². The lowest BCUT2D eigenvalue weighted by molar-refractivity contribution is 0.347. The van der Waals surface area contributed by atoms with Gasteiger partial charge < -0.3 is 5.73 Å². The number of nitrogens with two attached hydrogens (primary N) is 1. The molecule has 2 N–H and O–H groups in total. The second-order valence-corrected chi connectivity index (χ2v) is 9.80. The Bertz CT molecular complexity index is 1380. The number of rotatable bonds is 4. The minimum absolute atomic E-state index is 0.0271. The molecule has 1 aliphatic heterocycles. The number of piperidine rings is 1. The fourth-order valence-corrected chi connectivity index (χ4v) is 5.78. The minimum Gasteiger partial charge on any atom is -0.383 e. The number of pyridine rings is 3. The van der Waals surface area contributed by atoms with Crippen molar-refractivity contribution in [1.82, 2.24) is 19.3 Å². The number of sulfonamides is 1. The van der Waals surface area contributed by atoms with Crippen molar-refractivity contribution in [3.8, 4) is 22.3 Å². The van der Waals surface area contributed by atoms with Crippen molar-refractivity contribution in [3.63, 3.8) is 0 Å². The lowest BCUT2D eigenvalue weighted by Crippen LogP contribution is -2.36. The largest absolute Gasteiger partial charge is 0.383 e. The van der Waals surface area contributed by atoms with Crippen LogP contribution in [0.4, 0.5) is 5.82 Å². The molecule has 0 atom stereocenters. The SMILES string of the molecule is Nc1ncc(-c2ccc3nccc(-c4ccncc4)c3c2)cc1S(=O)(=O)N1CCCCC1. The predicted molar refractivity (Wildman–Crippen MR) is 125 cm³/mol. The van der Waals surface area contributed by atoms with Gasteiger partial charge in [0.1, 0.15) is 10.7 Å². The topological polar surface area (TPSA) is 102 Å². The van der Waals surface area contributed by atoms with Gasteiger partial charge in [-0.2, -0.15) is 4.31 Å². The van der Waals surface area contributed by atoms with Crippen LogP contribution < -0.4 is 5.73 Å². The van der Waals surface area contributed by atoms with E-state index in [0.717, 1.165) is 46.9 Å². The summed E-state index contributed by atoms with van der Waals surface area (Å²) in [5, 5.41) is 0.966. The van der Waals surface area contributed by atoms with Gasteiger partial charge in [-0.05, 0) is 65.9 Å². The second-order valence-electron chi connectivity index (χ2n) is 7.90. The third kappa shape index (κ3) is 3.72. The van der Waals surface area contributed by atoms with Crippen LogP contribution >= 0.6 is 0 Å². The summed E-state index contributed by atoms with van der Waals surface area (Å²) in [6.45, 7) is 1.03. The van der Waals surface area contributed by atoms with Crippen LogP contribution in [0.1, 0.15) is 19.3 Å². The monoisotopic (exact) mass is 445 g/mol. The molecule has 1 saturated heterocycles. The number of nitrogen functional groups attached to an aromatic ring is 1. The number of hydrogen-bond acceptors (Lipinski definition) is 6. The third-order valence-electron chi connectivity index (χ3n) is 5.88. The molecule has 3 aromatic heterocycles. The van der Waals surface area contributed by atoms with Crippen molar-refractivity contribution in [2.24, 2.45) is 0 Å². The molecule has 5 rings (SSSR count). The average Bonchev–Trinajstić information content (AvgIpc) is 2.84. The fraction of sp³-hybridized carbons (Fsp3) is 0.208. The molecule has 8 heteroatoms. The molecule has 1 aliphatic rings. The Morgan fingerprint density at radius 1 is 0.812 bits per heavy atom. The van der Waals surface area contributed by atoms with E-state index in [-0.39, 0.29) is 10.7 Å². The van der Waals surface area contributed by atoms with Gasteiger partial charge >= 0.3 is 0 Å². The zero-order valence-corrected chi connectivity index (χ0v) is 18.3. The first-order valence-corrected chi connectivity index (χ1v) is 12.0. The van der Waals surface area contributed by atoms with E-state index in [1.54, 1.807) is 30.9 Å². The summed E-state index contributed by atoms with van der Waals surface area (Å²) in [5.74, 6) is 0.0271. The van der Waals surface area contributed by atoms with E-state index >= 15 is 0 Å². The first kappa shape index (κ1) is 20.5. The summed E-state index contributed by atoms with van der Waals surface area (Å²) in [5.41, 5.74) is 10.5. The summed E-state index contributed by atoms with van der Waals surface area (Å²) in [6.07, 6.45) is 9.69. The molecule has 0 unspecified atom stereocenters. The Kier molecular flexibility index (Phi) is 5.32. The normalized spacial score (nSPS) is 15.1. The molecule has 4 heterocycles. The van der Waals surface area contributed by atoms with E-state index in [4.69, 9.17) is 5.73 Å². The van der Waals surface area contributed by atoms with E-state index in [9.17, 15) is 8.42 Å². The molecule has 0 amide bonds. The highest BCUT2D eigenvalue weighted by molar-refractivity contribution is 7.89. The molecule has 0 spiro atoms. The number of nitrogens with zero attached hydrogens (tertiary/aromatic N) is 4. The molecule has 0 bridgehead atoms. The highest BCUT2D eigenvalue weighted by Gasteiger charge is 2.28. The van der Waals surface area contributed by atoms with Crippen molar-refractivity contribution in [1.29, 1.82) is 0 Å². The summed E-state index contributed by atoms with van der Waals surface area (Å²) in [6, 6.07) is 13.4.